The van der Waals surface area contributed by atoms with Gasteiger partial charge in [-0.05, 0) is 32.4 Å². The Morgan fingerprint density at radius 1 is 1.19 bits per heavy atom. The molecular weight excluding hydrogens is 272 g/mol. The Hall–Kier alpha value is -1.00. The molecule has 0 aromatic heterocycles. The van der Waals surface area contributed by atoms with Gasteiger partial charge in [0.15, 0.2) is 11.6 Å². The lowest BCUT2D eigenvalue weighted by Gasteiger charge is -2.28. The number of benzene rings is 1. The Morgan fingerprint density at radius 3 is 2.52 bits per heavy atom. The van der Waals surface area contributed by atoms with Crippen molar-refractivity contribution in [3.05, 3.63) is 35.4 Å². The average molecular weight is 297 g/mol. The molecule has 4 heteroatoms. The van der Waals surface area contributed by atoms with Crippen molar-refractivity contribution in [2.75, 3.05) is 13.6 Å². The minimum Gasteiger partial charge on any atom is -0.388 e. The Bertz CT molecular complexity index is 444. The van der Waals surface area contributed by atoms with Crippen LogP contribution in [0.4, 0.5) is 8.78 Å². The van der Waals surface area contributed by atoms with Crippen LogP contribution in [0.3, 0.4) is 0 Å². The summed E-state index contributed by atoms with van der Waals surface area (Å²) in [6.45, 7) is 0.696. The third-order valence-corrected chi connectivity index (χ3v) is 4.54. The van der Waals surface area contributed by atoms with Crippen molar-refractivity contribution >= 4 is 0 Å². The van der Waals surface area contributed by atoms with Gasteiger partial charge in [0, 0.05) is 18.2 Å². The van der Waals surface area contributed by atoms with Crippen LogP contribution in [0.25, 0.3) is 0 Å². The monoisotopic (exact) mass is 297 g/mol. The molecule has 1 fully saturated rings. The second kappa shape index (κ2) is 7.85. The second-order valence-electron chi connectivity index (χ2n) is 6.07. The van der Waals surface area contributed by atoms with E-state index in [1.54, 1.807) is 0 Å². The van der Waals surface area contributed by atoms with E-state index >= 15 is 0 Å². The van der Waals surface area contributed by atoms with Crippen LogP contribution in [0.15, 0.2) is 18.2 Å². The highest BCUT2D eigenvalue weighted by molar-refractivity contribution is 5.21. The molecule has 1 saturated carbocycles. The Morgan fingerprint density at radius 2 is 1.86 bits per heavy atom. The van der Waals surface area contributed by atoms with Gasteiger partial charge in [0.1, 0.15) is 0 Å². The van der Waals surface area contributed by atoms with E-state index < -0.39 is 17.7 Å². The molecule has 1 aliphatic carbocycles. The fourth-order valence-corrected chi connectivity index (χ4v) is 3.14. The molecule has 118 valence electrons. The number of hydrogen-bond donors (Lipinski definition) is 1. The molecule has 0 heterocycles. The van der Waals surface area contributed by atoms with E-state index in [0.29, 0.717) is 19.0 Å². The van der Waals surface area contributed by atoms with Crippen molar-refractivity contribution in [3.8, 4) is 0 Å². The van der Waals surface area contributed by atoms with Crippen molar-refractivity contribution in [2.24, 2.45) is 0 Å². The minimum atomic E-state index is -0.950. The summed E-state index contributed by atoms with van der Waals surface area (Å²) >= 11 is 0. The smallest absolute Gasteiger partial charge is 0.164 e. The highest BCUT2D eigenvalue weighted by Crippen LogP contribution is 2.24. The van der Waals surface area contributed by atoms with Gasteiger partial charge in [0.2, 0.25) is 0 Å². The molecule has 1 aromatic rings. The molecule has 0 amide bonds. The Kier molecular flexibility index (Phi) is 6.12. The number of halogens is 2. The predicted octanol–water partition coefficient (Wildman–Crippen LogP) is 4.04. The summed E-state index contributed by atoms with van der Waals surface area (Å²) in [4.78, 5) is 2.26. The molecular formula is C17H25F2NO. The van der Waals surface area contributed by atoms with E-state index in [4.69, 9.17) is 0 Å². The van der Waals surface area contributed by atoms with Gasteiger partial charge >= 0.3 is 0 Å². The number of rotatable bonds is 5. The predicted molar refractivity (Wildman–Crippen MR) is 80.1 cm³/mol. The van der Waals surface area contributed by atoms with E-state index in [-0.39, 0.29) is 5.56 Å². The minimum absolute atomic E-state index is 0.0595. The standard InChI is InChI=1S/C17H25F2NO/c1-20(13-7-4-2-3-5-8-13)12-11-16(21)14-9-6-10-15(18)17(14)19/h6,9-10,13,16,21H,2-5,7-8,11-12H2,1H3. The fraction of sp³-hybridized carbons (Fsp3) is 0.647. The van der Waals surface area contributed by atoms with Crippen molar-refractivity contribution < 1.29 is 13.9 Å². The SMILES string of the molecule is CN(CCC(O)c1cccc(F)c1F)C1CCCCCC1. The third kappa shape index (κ3) is 4.48. The largest absolute Gasteiger partial charge is 0.388 e. The molecule has 1 aliphatic rings. The molecule has 1 N–H and O–H groups in total. The quantitative estimate of drug-likeness (QED) is 0.829. The third-order valence-electron chi connectivity index (χ3n) is 4.54. The van der Waals surface area contributed by atoms with Gasteiger partial charge in [-0.25, -0.2) is 8.78 Å². The van der Waals surface area contributed by atoms with Crippen LogP contribution in [0.2, 0.25) is 0 Å². The highest BCUT2D eigenvalue weighted by atomic mass is 19.2. The number of aliphatic hydroxyl groups is 1. The van der Waals surface area contributed by atoms with E-state index in [0.717, 1.165) is 6.07 Å². The first kappa shape index (κ1) is 16.4. The summed E-state index contributed by atoms with van der Waals surface area (Å²) in [5.41, 5.74) is 0.0595. The lowest BCUT2D eigenvalue weighted by Crippen LogP contribution is -2.32. The van der Waals surface area contributed by atoms with Gasteiger partial charge in [-0.3, -0.25) is 0 Å². The summed E-state index contributed by atoms with van der Waals surface area (Å²) in [6, 6.07) is 4.52. The second-order valence-corrected chi connectivity index (χ2v) is 6.07. The van der Waals surface area contributed by atoms with Gasteiger partial charge in [-0.2, -0.15) is 0 Å². The number of nitrogens with zero attached hydrogens (tertiary/aromatic N) is 1. The molecule has 1 atom stereocenters. The van der Waals surface area contributed by atoms with Crippen molar-refractivity contribution in [3.63, 3.8) is 0 Å². The van der Waals surface area contributed by atoms with Crippen LogP contribution in [0.5, 0.6) is 0 Å². The zero-order chi connectivity index (χ0) is 15.2. The first-order valence-electron chi connectivity index (χ1n) is 7.92. The topological polar surface area (TPSA) is 23.5 Å². The molecule has 21 heavy (non-hydrogen) atoms. The van der Waals surface area contributed by atoms with Gasteiger partial charge in [0.25, 0.3) is 0 Å². The average Bonchev–Trinajstić information content (AvgIpc) is 2.76. The summed E-state index contributed by atoms with van der Waals surface area (Å²) in [5, 5.41) is 10.1. The zero-order valence-electron chi connectivity index (χ0n) is 12.7. The molecule has 0 aliphatic heterocycles. The molecule has 0 spiro atoms. The van der Waals surface area contributed by atoms with E-state index in [1.165, 1.54) is 50.7 Å². The van der Waals surface area contributed by atoms with Crippen LogP contribution in [-0.4, -0.2) is 29.6 Å². The Labute approximate surface area is 125 Å². The van der Waals surface area contributed by atoms with Crippen molar-refractivity contribution in [1.29, 1.82) is 0 Å². The Balaban J connectivity index is 1.88. The summed E-state index contributed by atoms with van der Waals surface area (Å²) in [7, 11) is 2.06. The van der Waals surface area contributed by atoms with Gasteiger partial charge in [-0.15, -0.1) is 0 Å². The maximum absolute atomic E-state index is 13.6. The van der Waals surface area contributed by atoms with Gasteiger partial charge in [0.05, 0.1) is 6.10 Å². The first-order valence-corrected chi connectivity index (χ1v) is 7.92. The van der Waals surface area contributed by atoms with Crippen LogP contribution in [-0.2, 0) is 0 Å². The highest BCUT2D eigenvalue weighted by Gasteiger charge is 2.20. The zero-order valence-corrected chi connectivity index (χ0v) is 12.7. The van der Waals surface area contributed by atoms with Gasteiger partial charge in [-0.1, -0.05) is 37.8 Å². The van der Waals surface area contributed by atoms with E-state index in [2.05, 4.69) is 11.9 Å². The maximum Gasteiger partial charge on any atom is 0.164 e. The number of hydrogen-bond acceptors (Lipinski definition) is 2. The molecule has 1 unspecified atom stereocenters. The fourth-order valence-electron chi connectivity index (χ4n) is 3.14. The summed E-state index contributed by atoms with van der Waals surface area (Å²) in [6.07, 6.45) is 7.00. The number of aliphatic hydroxyl groups excluding tert-OH is 1. The molecule has 0 saturated heterocycles. The van der Waals surface area contributed by atoms with E-state index in [9.17, 15) is 13.9 Å². The first-order chi connectivity index (χ1) is 10.1. The molecule has 1 aromatic carbocycles. The lowest BCUT2D eigenvalue weighted by atomic mass is 10.0. The van der Waals surface area contributed by atoms with Crippen LogP contribution in [0.1, 0.15) is 56.6 Å². The van der Waals surface area contributed by atoms with Gasteiger partial charge < -0.3 is 10.0 Å². The molecule has 0 bridgehead atoms. The normalized spacial score (nSPS) is 18.7. The van der Waals surface area contributed by atoms with Crippen LogP contribution < -0.4 is 0 Å². The molecule has 0 radical (unpaired) electrons. The summed E-state index contributed by atoms with van der Waals surface area (Å²) < 4.78 is 26.8. The maximum atomic E-state index is 13.6. The molecule has 2 rings (SSSR count). The lowest BCUT2D eigenvalue weighted by molar-refractivity contribution is 0.128. The van der Waals surface area contributed by atoms with Crippen molar-refractivity contribution in [2.45, 2.75) is 57.1 Å². The summed E-state index contributed by atoms with van der Waals surface area (Å²) in [5.74, 6) is -1.83. The van der Waals surface area contributed by atoms with Crippen LogP contribution >= 0.6 is 0 Å². The van der Waals surface area contributed by atoms with E-state index in [1.807, 2.05) is 0 Å². The van der Waals surface area contributed by atoms with Crippen LogP contribution in [0, 0.1) is 11.6 Å². The molecule has 2 nitrogen and oxygen atoms in total. The van der Waals surface area contributed by atoms with Crippen molar-refractivity contribution in [1.82, 2.24) is 4.90 Å².